The number of hydrogen-bond donors (Lipinski definition) is 3. The van der Waals surface area contributed by atoms with E-state index in [1.54, 1.807) is 54.9 Å². The average molecular weight is 1120 g/mol. The lowest BCUT2D eigenvalue weighted by atomic mass is 10.0. The summed E-state index contributed by atoms with van der Waals surface area (Å²) in [5.41, 5.74) is 3.25. The Labute approximate surface area is 457 Å². The van der Waals surface area contributed by atoms with E-state index in [4.69, 9.17) is 0 Å². The fourth-order valence-electron chi connectivity index (χ4n) is 8.83. The van der Waals surface area contributed by atoms with Crippen LogP contribution in [0.15, 0.2) is 214 Å². The number of aromatic nitrogens is 6. The number of benzene rings is 3. The van der Waals surface area contributed by atoms with Gasteiger partial charge in [0.15, 0.2) is 40.9 Å². The van der Waals surface area contributed by atoms with Gasteiger partial charge in [0.1, 0.15) is 17.7 Å². The van der Waals surface area contributed by atoms with E-state index in [9.17, 15) is 55.6 Å². The quantitative estimate of drug-likeness (QED) is 0.0579. The Balaban J connectivity index is 0.000000186. The van der Waals surface area contributed by atoms with Crippen molar-refractivity contribution >= 4 is 50.5 Å². The summed E-state index contributed by atoms with van der Waals surface area (Å²) in [5.74, 6) is -4.86. The zero-order chi connectivity index (χ0) is 57.0. The minimum Gasteiger partial charge on any atom is -0.618 e. The molecule has 0 spiro atoms. The number of amides is 2. The number of carbonyl (C=O) groups is 2. The molecule has 0 aliphatic carbocycles. The molecule has 6 aromatic heterocycles. The van der Waals surface area contributed by atoms with Crippen molar-refractivity contribution in [1.29, 1.82) is 0 Å². The summed E-state index contributed by atoms with van der Waals surface area (Å²) in [6, 6.07) is 30.3. The number of pyridine rings is 5. The monoisotopic (exact) mass is 1110 g/mol. The van der Waals surface area contributed by atoms with Crippen LogP contribution >= 0.6 is 0 Å². The molecule has 406 valence electrons. The van der Waals surface area contributed by atoms with Gasteiger partial charge in [0, 0.05) is 77.6 Å². The van der Waals surface area contributed by atoms with E-state index in [2.05, 4.69) is 25.6 Å². The Kier molecular flexibility index (Phi) is 15.3. The maximum absolute atomic E-state index is 13.6. The molecule has 0 fully saturated rings. The van der Waals surface area contributed by atoms with Gasteiger partial charge in [0.2, 0.25) is 5.69 Å². The van der Waals surface area contributed by atoms with Crippen molar-refractivity contribution < 1.29 is 45.5 Å². The standard InChI is InChI=1S/C32H23F2N5O5S.C26H19F2N5O3/c33-28-11-10-21(16-29(28)34)19-37-14-5-9-26(32(37)41)31(40)36-18-23-17-22(12-15-38(23)42)27-20-39(30-25(27)8-4-13-35-30)45(43,44)24-6-2-1-3-7-24;27-22-6-5-16(11-23(22)28)15-32-9-2-4-20(26(32)35)25(34)31-13-18-12-17(7-10-33(18)36)21-14-30-24-19(21)3-1-8-29-24/h1-17,20H,18-19H2,(H,36,40);1-12,14,36H,13,15H2,(H,31,34). The van der Waals surface area contributed by atoms with Crippen LogP contribution in [0.5, 0.6) is 0 Å². The minimum absolute atomic E-state index is 0.0354. The van der Waals surface area contributed by atoms with Crippen LogP contribution in [0.25, 0.3) is 27.7 Å². The van der Waals surface area contributed by atoms with Gasteiger partial charge in [-0.05, 0) is 119 Å². The first-order valence-corrected chi connectivity index (χ1v) is 25.9. The molecule has 18 nitrogen and oxygen atoms in total. The van der Waals surface area contributed by atoms with Crippen LogP contribution in [-0.2, 0) is 29.7 Å². The Hall–Kier alpha value is -10.4. The molecular formula is C58H42F4N10O8S. The third-order valence-electron chi connectivity index (χ3n) is 12.9. The average Bonchev–Trinajstić information content (AvgIpc) is 4.31. The molecule has 9 aromatic rings. The lowest BCUT2D eigenvalue weighted by molar-refractivity contribution is -0.614. The second kappa shape index (κ2) is 22.9. The smallest absolute Gasteiger partial charge is 0.269 e. The van der Waals surface area contributed by atoms with Crippen LogP contribution in [0.1, 0.15) is 43.1 Å². The van der Waals surface area contributed by atoms with E-state index >= 15 is 0 Å². The molecule has 81 heavy (non-hydrogen) atoms. The van der Waals surface area contributed by atoms with E-state index in [1.165, 1.54) is 107 Å². The number of hydrogen-bond acceptors (Lipinski definition) is 12. The molecule has 2 aliphatic rings. The molecule has 2 aliphatic heterocycles. The summed E-state index contributed by atoms with van der Waals surface area (Å²) in [5, 5.41) is 29.5. The van der Waals surface area contributed by atoms with Crippen LogP contribution < -0.4 is 26.5 Å². The number of allylic oxidation sites excluding steroid dienone is 4. The summed E-state index contributed by atoms with van der Waals surface area (Å²) in [6.07, 6.45) is 15.2. The van der Waals surface area contributed by atoms with E-state index in [1.807, 2.05) is 12.1 Å². The number of rotatable bonds is 13. The maximum Gasteiger partial charge on any atom is 0.269 e. The van der Waals surface area contributed by atoms with Gasteiger partial charge in [-0.3, -0.25) is 24.4 Å². The summed E-state index contributed by atoms with van der Waals surface area (Å²) < 4.78 is 84.6. The maximum atomic E-state index is 13.6. The molecule has 23 heteroatoms. The lowest BCUT2D eigenvalue weighted by Gasteiger charge is -2.21. The zero-order valence-electron chi connectivity index (χ0n) is 42.0. The fraction of sp³-hybridized carbons (Fsp3) is 0.0690. The highest BCUT2D eigenvalue weighted by Crippen LogP contribution is 2.34. The van der Waals surface area contributed by atoms with E-state index in [-0.39, 0.29) is 53.5 Å². The van der Waals surface area contributed by atoms with Gasteiger partial charge in [0.05, 0.1) is 30.2 Å². The lowest BCUT2D eigenvalue weighted by Crippen LogP contribution is -2.38. The third kappa shape index (κ3) is 11.5. The first-order chi connectivity index (χ1) is 39.0. The number of nitrogens with zero attached hydrogens (tertiary/aromatic N) is 8. The van der Waals surface area contributed by atoms with E-state index in [0.717, 1.165) is 50.0 Å². The molecule has 2 amide bonds. The highest BCUT2D eigenvalue weighted by molar-refractivity contribution is 7.90. The molecule has 0 unspecified atom stereocenters. The van der Waals surface area contributed by atoms with Crippen LogP contribution in [0.3, 0.4) is 0 Å². The highest BCUT2D eigenvalue weighted by Gasteiger charge is 2.25. The van der Waals surface area contributed by atoms with Crippen LogP contribution in [-0.4, -0.2) is 66.3 Å². The van der Waals surface area contributed by atoms with Crippen LogP contribution in [0, 0.1) is 28.5 Å². The highest BCUT2D eigenvalue weighted by atomic mass is 32.2. The normalized spacial score (nSPS) is 13.6. The zero-order valence-corrected chi connectivity index (χ0v) is 42.8. The molecule has 0 saturated heterocycles. The number of fused-ring (bicyclic) bond motifs is 2. The number of nitrogens with one attached hydrogen (secondary N) is 2. The van der Waals surface area contributed by atoms with Gasteiger partial charge in [-0.25, -0.2) is 50.0 Å². The molecule has 0 radical (unpaired) electrons. The van der Waals surface area contributed by atoms with Crippen molar-refractivity contribution in [2.24, 2.45) is 4.99 Å². The van der Waals surface area contributed by atoms with Gasteiger partial charge in [-0.2, -0.15) is 4.73 Å². The first kappa shape index (κ1) is 54.0. The van der Waals surface area contributed by atoms with Crippen molar-refractivity contribution in [3.05, 3.63) is 277 Å². The Morgan fingerprint density at radius 1 is 0.679 bits per heavy atom. The predicted octanol–water partition coefficient (Wildman–Crippen LogP) is 7.56. The molecule has 11 rings (SSSR count). The second-order valence-electron chi connectivity index (χ2n) is 18.1. The second-order valence-corrected chi connectivity index (χ2v) is 19.9. The summed E-state index contributed by atoms with van der Waals surface area (Å²) >= 11 is 0. The van der Waals surface area contributed by atoms with Crippen molar-refractivity contribution in [2.75, 3.05) is 6.54 Å². The van der Waals surface area contributed by atoms with Crippen molar-refractivity contribution in [1.82, 2.24) is 38.8 Å². The Morgan fingerprint density at radius 2 is 1.30 bits per heavy atom. The topological polar surface area (TPSA) is 230 Å². The first-order valence-electron chi connectivity index (χ1n) is 24.5. The van der Waals surface area contributed by atoms with Gasteiger partial charge in [-0.1, -0.05) is 30.3 Å². The molecule has 0 bridgehead atoms. The summed E-state index contributed by atoms with van der Waals surface area (Å²) in [6.45, 7) is -0.452. The van der Waals surface area contributed by atoms with Gasteiger partial charge in [0.25, 0.3) is 33.0 Å². The summed E-state index contributed by atoms with van der Waals surface area (Å²) in [4.78, 5) is 64.5. The number of aliphatic imine (C=N–C) groups is 1. The minimum atomic E-state index is -3.99. The predicted molar refractivity (Wildman–Crippen MR) is 289 cm³/mol. The largest absolute Gasteiger partial charge is 0.618 e. The van der Waals surface area contributed by atoms with Gasteiger partial charge in [-0.15, -0.1) is 0 Å². The number of halogens is 4. The molecule has 3 N–H and O–H groups in total. The number of hydroxylamine groups is 2. The Bertz CT molecular complexity index is 4350. The SMILES string of the molecule is O=C(NCC1=CC(=C2C=Nc3ncccc32)C=CN1O)c1cccn(Cc2ccc(F)c(F)c2)c1=O.O=C(NCc1cc(-c2cn(S(=O)(=O)c3ccccc3)c3ncccc23)cc[n+]1[O-])c1cccn(Cc2ccc(F)c(F)c2)c1=O. The fourth-order valence-corrected chi connectivity index (χ4v) is 10.2. The van der Waals surface area contributed by atoms with Crippen LogP contribution in [0.2, 0.25) is 0 Å². The van der Waals surface area contributed by atoms with Crippen LogP contribution in [0.4, 0.5) is 23.4 Å². The van der Waals surface area contributed by atoms with Crippen molar-refractivity contribution in [3.8, 4) is 11.1 Å². The van der Waals surface area contributed by atoms with Gasteiger partial charge < -0.3 is 25.0 Å². The Morgan fingerprint density at radius 3 is 1.94 bits per heavy atom. The van der Waals surface area contributed by atoms with Crippen molar-refractivity contribution in [2.45, 2.75) is 24.5 Å². The molecule has 0 atom stereocenters. The van der Waals surface area contributed by atoms with E-state index < -0.39 is 56.2 Å². The number of carbonyl (C=O) groups excluding carboxylic acids is 2. The van der Waals surface area contributed by atoms with E-state index in [0.29, 0.717) is 43.9 Å². The van der Waals surface area contributed by atoms with Gasteiger partial charge >= 0.3 is 0 Å². The summed E-state index contributed by atoms with van der Waals surface area (Å²) in [7, 11) is -3.99. The van der Waals surface area contributed by atoms with Crippen molar-refractivity contribution in [3.63, 3.8) is 0 Å². The molecule has 8 heterocycles. The molecule has 3 aromatic carbocycles. The molecular weight excluding hydrogens is 1070 g/mol. The molecule has 0 saturated carbocycles. The third-order valence-corrected chi connectivity index (χ3v) is 14.6.